The van der Waals surface area contributed by atoms with Crippen LogP contribution in [-0.4, -0.2) is 26.1 Å². The molecule has 92 valence electrons. The number of nitrogens with one attached hydrogen (secondary N) is 2. The molecule has 1 atom stereocenters. The molecule has 5 heteroatoms. The van der Waals surface area contributed by atoms with Crippen LogP contribution in [0.3, 0.4) is 0 Å². The Hall–Kier alpha value is -1.26. The van der Waals surface area contributed by atoms with Gasteiger partial charge in [0.2, 0.25) is 5.91 Å². The van der Waals surface area contributed by atoms with E-state index in [-0.39, 0.29) is 11.8 Å². The highest BCUT2D eigenvalue weighted by atomic mass is 35.5. The van der Waals surface area contributed by atoms with Crippen molar-refractivity contribution in [1.82, 2.24) is 5.32 Å². The summed E-state index contributed by atoms with van der Waals surface area (Å²) in [4.78, 5) is 11.9. The van der Waals surface area contributed by atoms with Crippen molar-refractivity contribution in [3.05, 3.63) is 23.2 Å². The number of carbonyl (C=O) groups is 1. The van der Waals surface area contributed by atoms with Crippen LogP contribution in [0, 0.1) is 5.92 Å². The second kappa shape index (κ2) is 5.38. The number of ether oxygens (including phenoxy) is 1. The van der Waals surface area contributed by atoms with E-state index in [0.717, 1.165) is 19.5 Å². The first-order valence-corrected chi connectivity index (χ1v) is 5.93. The van der Waals surface area contributed by atoms with E-state index in [2.05, 4.69) is 10.6 Å². The predicted octanol–water partition coefficient (Wildman–Crippen LogP) is 1.90. The van der Waals surface area contributed by atoms with Crippen molar-refractivity contribution in [2.45, 2.75) is 6.42 Å². The lowest BCUT2D eigenvalue weighted by Crippen LogP contribution is -2.24. The monoisotopic (exact) mass is 254 g/mol. The number of methoxy groups -OCH3 is 1. The molecule has 1 unspecified atom stereocenters. The number of rotatable bonds is 3. The third-order valence-corrected chi connectivity index (χ3v) is 3.15. The number of carbonyl (C=O) groups excluding carboxylic acids is 1. The molecule has 0 saturated carbocycles. The molecule has 2 N–H and O–H groups in total. The lowest BCUT2D eigenvalue weighted by Gasteiger charge is -2.11. The fourth-order valence-corrected chi connectivity index (χ4v) is 2.12. The quantitative estimate of drug-likeness (QED) is 0.866. The van der Waals surface area contributed by atoms with Crippen LogP contribution in [-0.2, 0) is 4.79 Å². The maximum Gasteiger partial charge on any atom is 0.228 e. The van der Waals surface area contributed by atoms with E-state index < -0.39 is 0 Å². The van der Waals surface area contributed by atoms with Gasteiger partial charge >= 0.3 is 0 Å². The second-order valence-corrected chi connectivity index (χ2v) is 4.44. The van der Waals surface area contributed by atoms with Crippen molar-refractivity contribution < 1.29 is 9.53 Å². The summed E-state index contributed by atoms with van der Waals surface area (Å²) >= 11 is 5.98. The van der Waals surface area contributed by atoms with Crippen LogP contribution < -0.4 is 15.4 Å². The molecule has 1 heterocycles. The lowest BCUT2D eigenvalue weighted by molar-refractivity contribution is -0.119. The molecule has 0 radical (unpaired) electrons. The first-order chi connectivity index (χ1) is 8.20. The molecular formula is C12H15ClN2O2. The number of hydrogen-bond acceptors (Lipinski definition) is 3. The van der Waals surface area contributed by atoms with Crippen molar-refractivity contribution in [2.24, 2.45) is 5.92 Å². The Morgan fingerprint density at radius 2 is 2.41 bits per heavy atom. The molecule has 0 aliphatic carbocycles. The topological polar surface area (TPSA) is 50.4 Å². The molecule has 1 aromatic carbocycles. The molecule has 0 aromatic heterocycles. The summed E-state index contributed by atoms with van der Waals surface area (Å²) in [7, 11) is 1.56. The Labute approximate surface area is 105 Å². The zero-order valence-corrected chi connectivity index (χ0v) is 10.4. The maximum absolute atomic E-state index is 11.9. The molecular weight excluding hydrogens is 240 g/mol. The minimum absolute atomic E-state index is 0.0382. The molecule has 0 spiro atoms. The summed E-state index contributed by atoms with van der Waals surface area (Å²) in [5.74, 6) is 0.694. The van der Waals surface area contributed by atoms with E-state index >= 15 is 0 Å². The van der Waals surface area contributed by atoms with Crippen molar-refractivity contribution in [3.8, 4) is 5.75 Å². The fraction of sp³-hybridized carbons (Fsp3) is 0.417. The van der Waals surface area contributed by atoms with Crippen molar-refractivity contribution in [3.63, 3.8) is 0 Å². The smallest absolute Gasteiger partial charge is 0.228 e. The minimum Gasteiger partial charge on any atom is -0.495 e. The van der Waals surface area contributed by atoms with Crippen LogP contribution in [0.2, 0.25) is 5.02 Å². The zero-order valence-electron chi connectivity index (χ0n) is 9.63. The van der Waals surface area contributed by atoms with Gasteiger partial charge in [-0.3, -0.25) is 4.79 Å². The van der Waals surface area contributed by atoms with Gasteiger partial charge in [0.05, 0.1) is 18.1 Å². The van der Waals surface area contributed by atoms with Crippen LogP contribution in [0.4, 0.5) is 5.69 Å². The summed E-state index contributed by atoms with van der Waals surface area (Å²) < 4.78 is 5.05. The Morgan fingerprint density at radius 1 is 1.59 bits per heavy atom. The number of halogens is 1. The second-order valence-electron chi connectivity index (χ2n) is 4.03. The molecule has 1 aliphatic heterocycles. The van der Waals surface area contributed by atoms with Crippen LogP contribution >= 0.6 is 11.6 Å². The normalized spacial score (nSPS) is 19.1. The van der Waals surface area contributed by atoms with E-state index in [1.807, 2.05) is 0 Å². The van der Waals surface area contributed by atoms with Crippen molar-refractivity contribution in [2.75, 3.05) is 25.5 Å². The standard InChI is InChI=1S/C12H15ClN2O2/c1-17-11-3-2-9(6-10(11)13)15-12(16)8-4-5-14-7-8/h2-3,6,8,14H,4-5,7H2,1H3,(H,15,16). The average molecular weight is 255 g/mol. The summed E-state index contributed by atoms with van der Waals surface area (Å²) in [6.07, 6.45) is 0.885. The van der Waals surface area contributed by atoms with Crippen LogP contribution in [0.1, 0.15) is 6.42 Å². The van der Waals surface area contributed by atoms with Gasteiger partial charge in [-0.1, -0.05) is 11.6 Å². The van der Waals surface area contributed by atoms with Gasteiger partial charge < -0.3 is 15.4 Å². The highest BCUT2D eigenvalue weighted by molar-refractivity contribution is 6.32. The summed E-state index contributed by atoms with van der Waals surface area (Å²) in [5, 5.41) is 6.51. The third kappa shape index (κ3) is 2.90. The van der Waals surface area contributed by atoms with E-state index in [1.54, 1.807) is 25.3 Å². The molecule has 2 rings (SSSR count). The van der Waals surface area contributed by atoms with Gasteiger partial charge in [-0.15, -0.1) is 0 Å². The third-order valence-electron chi connectivity index (χ3n) is 2.85. The Balaban J connectivity index is 2.03. The van der Waals surface area contributed by atoms with Gasteiger partial charge in [-0.25, -0.2) is 0 Å². The molecule has 0 bridgehead atoms. The first kappa shape index (κ1) is 12.2. The van der Waals surface area contributed by atoms with Crippen molar-refractivity contribution >= 4 is 23.2 Å². The summed E-state index contributed by atoms with van der Waals surface area (Å²) in [5.41, 5.74) is 0.702. The predicted molar refractivity (Wildman–Crippen MR) is 67.6 cm³/mol. The Bertz CT molecular complexity index is 417. The molecule has 1 saturated heterocycles. The SMILES string of the molecule is COc1ccc(NC(=O)C2CCNC2)cc1Cl. The lowest BCUT2D eigenvalue weighted by atomic mass is 10.1. The van der Waals surface area contributed by atoms with Crippen LogP contribution in [0.15, 0.2) is 18.2 Å². The van der Waals surface area contributed by atoms with Gasteiger partial charge in [0, 0.05) is 12.2 Å². The Kier molecular flexibility index (Phi) is 3.86. The number of benzene rings is 1. The maximum atomic E-state index is 11.9. The first-order valence-electron chi connectivity index (χ1n) is 5.56. The number of amides is 1. The molecule has 1 fully saturated rings. The van der Waals surface area contributed by atoms with Gasteiger partial charge in [-0.2, -0.15) is 0 Å². The van der Waals surface area contributed by atoms with Gasteiger partial charge in [0.1, 0.15) is 5.75 Å². The molecule has 17 heavy (non-hydrogen) atoms. The zero-order chi connectivity index (χ0) is 12.3. The summed E-state index contributed by atoms with van der Waals surface area (Å²) in [6, 6.07) is 5.22. The van der Waals surface area contributed by atoms with E-state index in [9.17, 15) is 4.79 Å². The molecule has 1 amide bonds. The van der Waals surface area contributed by atoms with Gasteiger partial charge in [0.25, 0.3) is 0 Å². The minimum atomic E-state index is 0.0382. The molecule has 1 aromatic rings. The van der Waals surface area contributed by atoms with Gasteiger partial charge in [-0.05, 0) is 31.2 Å². The summed E-state index contributed by atoms with van der Waals surface area (Å²) in [6.45, 7) is 1.65. The van der Waals surface area contributed by atoms with E-state index in [1.165, 1.54) is 0 Å². The molecule has 1 aliphatic rings. The van der Waals surface area contributed by atoms with Crippen LogP contribution in [0.5, 0.6) is 5.75 Å². The van der Waals surface area contributed by atoms with E-state index in [4.69, 9.17) is 16.3 Å². The average Bonchev–Trinajstić information content (AvgIpc) is 2.82. The highest BCUT2D eigenvalue weighted by Crippen LogP contribution is 2.27. The highest BCUT2D eigenvalue weighted by Gasteiger charge is 2.22. The van der Waals surface area contributed by atoms with Gasteiger partial charge in [0.15, 0.2) is 0 Å². The number of hydrogen-bond donors (Lipinski definition) is 2. The number of anilines is 1. The Morgan fingerprint density at radius 3 is 3.00 bits per heavy atom. The molecule has 4 nitrogen and oxygen atoms in total. The van der Waals surface area contributed by atoms with Crippen molar-refractivity contribution in [1.29, 1.82) is 0 Å². The van der Waals surface area contributed by atoms with Crippen LogP contribution in [0.25, 0.3) is 0 Å². The fourth-order valence-electron chi connectivity index (χ4n) is 1.87. The van der Waals surface area contributed by atoms with E-state index in [0.29, 0.717) is 16.5 Å². The largest absolute Gasteiger partial charge is 0.495 e.